The van der Waals surface area contributed by atoms with Crippen LogP contribution in [0.25, 0.3) is 0 Å². The third-order valence-electron chi connectivity index (χ3n) is 4.65. The Morgan fingerprint density at radius 2 is 1.88 bits per heavy atom. The lowest BCUT2D eigenvalue weighted by molar-refractivity contribution is 0.246. The fourth-order valence-corrected chi connectivity index (χ4v) is 3.42. The third kappa shape index (κ3) is 4.77. The topological polar surface area (TPSA) is 27.3 Å². The number of halogens is 1. The normalized spacial score (nSPS) is 15.8. The number of anilines is 1. The van der Waals surface area contributed by atoms with Crippen LogP contribution in [0.2, 0.25) is 0 Å². The smallest absolute Gasteiger partial charge is 0.170 e. The van der Waals surface area contributed by atoms with Gasteiger partial charge in [-0.15, -0.1) is 0 Å². The average Bonchev–Trinajstić information content (AvgIpc) is 3.14. The fourth-order valence-electron chi connectivity index (χ4n) is 3.22. The second kappa shape index (κ2) is 8.41. The van der Waals surface area contributed by atoms with E-state index in [9.17, 15) is 4.39 Å². The van der Waals surface area contributed by atoms with Crippen LogP contribution in [0.1, 0.15) is 30.0 Å². The number of benzene rings is 2. The molecule has 1 aliphatic heterocycles. The number of hydrogen-bond acceptors (Lipinski definition) is 2. The summed E-state index contributed by atoms with van der Waals surface area (Å²) in [7, 11) is 0. The molecular formula is C20H24FN3S. The van der Waals surface area contributed by atoms with Crippen molar-refractivity contribution in [2.24, 2.45) is 0 Å². The van der Waals surface area contributed by atoms with Crippen LogP contribution in [0.15, 0.2) is 48.5 Å². The monoisotopic (exact) mass is 357 g/mol. The number of nitrogens with zero attached hydrogens (tertiary/aromatic N) is 1. The molecule has 2 aromatic carbocycles. The van der Waals surface area contributed by atoms with Gasteiger partial charge in [-0.25, -0.2) is 4.39 Å². The molecule has 1 heterocycles. The molecule has 5 heteroatoms. The number of hydrogen-bond donors (Lipinski definition) is 2. The SMILES string of the molecule is Cc1ccc(NC(=S)NC[C@H](c2ccccc2)N2CCCC2)cc1F. The molecule has 2 aromatic rings. The molecule has 0 bridgehead atoms. The summed E-state index contributed by atoms with van der Waals surface area (Å²) in [4.78, 5) is 2.50. The Morgan fingerprint density at radius 3 is 2.56 bits per heavy atom. The van der Waals surface area contributed by atoms with Crippen molar-refractivity contribution in [3.63, 3.8) is 0 Å². The van der Waals surface area contributed by atoms with E-state index in [-0.39, 0.29) is 5.82 Å². The first-order valence-corrected chi connectivity index (χ1v) is 9.14. The number of nitrogens with one attached hydrogen (secondary N) is 2. The summed E-state index contributed by atoms with van der Waals surface area (Å²) >= 11 is 5.39. The van der Waals surface area contributed by atoms with Crippen molar-refractivity contribution < 1.29 is 4.39 Å². The number of likely N-dealkylation sites (tertiary alicyclic amines) is 1. The average molecular weight is 357 g/mol. The molecule has 1 saturated heterocycles. The highest BCUT2D eigenvalue weighted by atomic mass is 32.1. The summed E-state index contributed by atoms with van der Waals surface area (Å²) in [6.45, 7) is 4.70. The van der Waals surface area contributed by atoms with Gasteiger partial charge >= 0.3 is 0 Å². The van der Waals surface area contributed by atoms with Crippen molar-refractivity contribution in [2.45, 2.75) is 25.8 Å². The molecule has 2 N–H and O–H groups in total. The van der Waals surface area contributed by atoms with Crippen LogP contribution in [0.3, 0.4) is 0 Å². The van der Waals surface area contributed by atoms with Crippen LogP contribution in [0, 0.1) is 12.7 Å². The third-order valence-corrected chi connectivity index (χ3v) is 4.90. The van der Waals surface area contributed by atoms with Crippen molar-refractivity contribution in [1.82, 2.24) is 10.2 Å². The zero-order chi connectivity index (χ0) is 17.6. The van der Waals surface area contributed by atoms with E-state index in [0.717, 1.165) is 19.6 Å². The lowest BCUT2D eigenvalue weighted by Gasteiger charge is -2.28. The molecule has 25 heavy (non-hydrogen) atoms. The minimum absolute atomic E-state index is 0.230. The Labute approximate surface area is 154 Å². The largest absolute Gasteiger partial charge is 0.361 e. The summed E-state index contributed by atoms with van der Waals surface area (Å²) in [6.07, 6.45) is 2.49. The van der Waals surface area contributed by atoms with E-state index >= 15 is 0 Å². The van der Waals surface area contributed by atoms with E-state index in [4.69, 9.17) is 12.2 Å². The second-order valence-corrected chi connectivity index (χ2v) is 6.88. The standard InChI is InChI=1S/C20H24FN3S/c1-15-9-10-17(13-18(15)21)23-20(25)22-14-19(24-11-5-6-12-24)16-7-3-2-4-8-16/h2-4,7-10,13,19H,5-6,11-12,14H2,1H3,(H2,22,23,25)/t19-/m1/s1. The van der Waals surface area contributed by atoms with E-state index < -0.39 is 0 Å². The Bertz CT molecular complexity index is 714. The Kier molecular flexibility index (Phi) is 6.00. The van der Waals surface area contributed by atoms with Crippen molar-refractivity contribution in [2.75, 3.05) is 25.0 Å². The molecule has 0 radical (unpaired) electrons. The summed E-state index contributed by atoms with van der Waals surface area (Å²) in [5.74, 6) is -0.230. The number of thiocarbonyl (C=S) groups is 1. The van der Waals surface area contributed by atoms with Gasteiger partial charge in [-0.3, -0.25) is 4.90 Å². The van der Waals surface area contributed by atoms with Gasteiger partial charge in [0.05, 0.1) is 6.04 Å². The quantitative estimate of drug-likeness (QED) is 0.782. The van der Waals surface area contributed by atoms with Crippen molar-refractivity contribution in [3.8, 4) is 0 Å². The first kappa shape index (κ1) is 17.8. The highest BCUT2D eigenvalue weighted by Gasteiger charge is 2.23. The molecule has 0 spiro atoms. The maximum absolute atomic E-state index is 13.7. The Balaban J connectivity index is 1.62. The highest BCUT2D eigenvalue weighted by molar-refractivity contribution is 7.80. The van der Waals surface area contributed by atoms with Crippen LogP contribution in [0.4, 0.5) is 10.1 Å². The molecule has 1 aliphatic rings. The van der Waals surface area contributed by atoms with Crippen molar-refractivity contribution in [3.05, 3.63) is 65.5 Å². The van der Waals surface area contributed by atoms with Crippen LogP contribution in [-0.2, 0) is 0 Å². The van der Waals surface area contributed by atoms with Gasteiger partial charge in [0.2, 0.25) is 0 Å². The molecule has 1 fully saturated rings. The zero-order valence-corrected chi connectivity index (χ0v) is 15.3. The summed E-state index contributed by atoms with van der Waals surface area (Å²) < 4.78 is 13.7. The second-order valence-electron chi connectivity index (χ2n) is 6.47. The van der Waals surface area contributed by atoms with Gasteiger partial charge in [0.1, 0.15) is 5.82 Å². The minimum atomic E-state index is -0.230. The molecule has 0 aliphatic carbocycles. The van der Waals surface area contributed by atoms with E-state index in [1.807, 2.05) is 12.1 Å². The Morgan fingerprint density at radius 1 is 1.16 bits per heavy atom. The van der Waals surface area contributed by atoms with Crippen molar-refractivity contribution in [1.29, 1.82) is 0 Å². The Hall–Kier alpha value is -1.98. The van der Waals surface area contributed by atoms with Gasteiger partial charge < -0.3 is 10.6 Å². The van der Waals surface area contributed by atoms with Crippen LogP contribution in [-0.4, -0.2) is 29.6 Å². The molecule has 0 aromatic heterocycles. The summed E-state index contributed by atoms with van der Waals surface area (Å²) in [6, 6.07) is 15.9. The predicted octanol–water partition coefficient (Wildman–Crippen LogP) is 4.26. The van der Waals surface area contributed by atoms with Crippen LogP contribution >= 0.6 is 12.2 Å². The highest BCUT2D eigenvalue weighted by Crippen LogP contribution is 2.24. The van der Waals surface area contributed by atoms with Gasteiger partial charge in [0.25, 0.3) is 0 Å². The molecule has 0 saturated carbocycles. The van der Waals surface area contributed by atoms with Crippen molar-refractivity contribution >= 4 is 23.0 Å². The van der Waals surface area contributed by atoms with E-state index in [2.05, 4.69) is 39.8 Å². The first-order valence-electron chi connectivity index (χ1n) is 8.73. The molecule has 1 atom stereocenters. The summed E-state index contributed by atoms with van der Waals surface area (Å²) in [5, 5.41) is 6.88. The van der Waals surface area contributed by atoms with Gasteiger partial charge in [0.15, 0.2) is 5.11 Å². The van der Waals surface area contributed by atoms with E-state index in [0.29, 0.717) is 22.4 Å². The lowest BCUT2D eigenvalue weighted by Crippen LogP contribution is -2.38. The summed E-state index contributed by atoms with van der Waals surface area (Å²) in [5.41, 5.74) is 2.58. The van der Waals surface area contributed by atoms with E-state index in [1.54, 1.807) is 13.0 Å². The van der Waals surface area contributed by atoms with E-state index in [1.165, 1.54) is 24.5 Å². The number of aryl methyl sites for hydroxylation is 1. The lowest BCUT2D eigenvalue weighted by atomic mass is 10.1. The molecule has 3 rings (SSSR count). The molecule has 0 unspecified atom stereocenters. The zero-order valence-electron chi connectivity index (χ0n) is 14.5. The first-order chi connectivity index (χ1) is 12.1. The predicted molar refractivity (Wildman–Crippen MR) is 105 cm³/mol. The molecular weight excluding hydrogens is 333 g/mol. The molecule has 0 amide bonds. The van der Waals surface area contributed by atoms with Gasteiger partial charge in [-0.1, -0.05) is 36.4 Å². The van der Waals surface area contributed by atoms with Crippen LogP contribution in [0.5, 0.6) is 0 Å². The van der Waals surface area contributed by atoms with Gasteiger partial charge in [-0.2, -0.15) is 0 Å². The maximum Gasteiger partial charge on any atom is 0.170 e. The maximum atomic E-state index is 13.7. The minimum Gasteiger partial charge on any atom is -0.361 e. The molecule has 3 nitrogen and oxygen atoms in total. The molecule has 132 valence electrons. The number of rotatable bonds is 5. The van der Waals surface area contributed by atoms with Gasteiger partial charge in [0, 0.05) is 12.2 Å². The van der Waals surface area contributed by atoms with Crippen LogP contribution < -0.4 is 10.6 Å². The fraction of sp³-hybridized carbons (Fsp3) is 0.350. The van der Waals surface area contributed by atoms with Gasteiger partial charge in [-0.05, 0) is 68.3 Å².